The van der Waals surface area contributed by atoms with E-state index in [2.05, 4.69) is 0 Å². The number of ether oxygens (including phenoxy) is 1. The lowest BCUT2D eigenvalue weighted by atomic mass is 10.2. The fraction of sp³-hybridized carbons (Fsp3) is 0.385. The van der Waals surface area contributed by atoms with Crippen molar-refractivity contribution in [2.24, 2.45) is 0 Å². The number of Topliss-reactive ketones (excluding diaryl/α,β-unsaturated/α-hetero) is 1. The molecule has 4 heteroatoms. The zero-order chi connectivity index (χ0) is 12.7. The first-order valence-electron chi connectivity index (χ1n) is 5.54. The Labute approximate surface area is 112 Å². The van der Waals surface area contributed by atoms with Gasteiger partial charge in [0.05, 0.1) is 6.61 Å². The number of carbonyl (C=O) groups excluding carboxylic acids is 1. The zero-order valence-electron chi connectivity index (χ0n) is 10.1. The van der Waals surface area contributed by atoms with Crippen LogP contribution in [0.3, 0.4) is 0 Å². The van der Waals surface area contributed by atoms with E-state index < -0.39 is 0 Å². The van der Waals surface area contributed by atoms with Gasteiger partial charge in [-0.25, -0.2) is 0 Å². The Morgan fingerprint density at radius 1 is 1.35 bits per heavy atom. The van der Waals surface area contributed by atoms with Crippen LogP contribution in [0.2, 0.25) is 0 Å². The molecule has 2 nitrogen and oxygen atoms in total. The van der Waals surface area contributed by atoms with Crippen LogP contribution < -0.4 is 0 Å². The van der Waals surface area contributed by atoms with Gasteiger partial charge >= 0.3 is 0 Å². The van der Waals surface area contributed by atoms with Crippen molar-refractivity contribution in [3.8, 4) is 0 Å². The molecule has 92 valence electrons. The first kappa shape index (κ1) is 14.2. The summed E-state index contributed by atoms with van der Waals surface area (Å²) in [4.78, 5) is 12.1. The molecule has 0 N–H and O–H groups in total. The summed E-state index contributed by atoms with van der Waals surface area (Å²) in [5.41, 5.74) is 1.22. The molecule has 0 radical (unpaired) electrons. The van der Waals surface area contributed by atoms with Crippen LogP contribution in [0.15, 0.2) is 29.2 Å². The third kappa shape index (κ3) is 5.84. The first-order chi connectivity index (χ1) is 8.11. The van der Waals surface area contributed by atoms with E-state index in [1.54, 1.807) is 0 Å². The molecule has 1 rings (SSSR count). The number of carbonyl (C=O) groups is 1. The van der Waals surface area contributed by atoms with Gasteiger partial charge in [-0.1, -0.05) is 24.6 Å². The van der Waals surface area contributed by atoms with E-state index in [0.717, 1.165) is 4.90 Å². The van der Waals surface area contributed by atoms with E-state index in [4.69, 9.17) is 17.0 Å². The third-order valence-corrected chi connectivity index (χ3v) is 3.38. The summed E-state index contributed by atoms with van der Waals surface area (Å²) in [6.45, 7) is 4.27. The number of aryl methyl sites for hydroxylation is 1. The lowest BCUT2D eigenvalue weighted by Gasteiger charge is -2.06. The van der Waals surface area contributed by atoms with Crippen molar-refractivity contribution in [3.63, 3.8) is 0 Å². The van der Waals surface area contributed by atoms with Gasteiger partial charge in [-0.05, 0) is 43.0 Å². The number of hydrogen-bond donors (Lipinski definition) is 0. The number of rotatable bonds is 5. The quantitative estimate of drug-likeness (QED) is 0.600. The maximum absolute atomic E-state index is 11.1. The van der Waals surface area contributed by atoms with Crippen LogP contribution in [0.4, 0.5) is 0 Å². The smallest absolute Gasteiger partial charge is 0.224 e. The van der Waals surface area contributed by atoms with Crippen LogP contribution in [0, 0.1) is 6.92 Å². The Bertz CT molecular complexity index is 385. The Balaban J connectivity index is 2.30. The van der Waals surface area contributed by atoms with Gasteiger partial charge in [0.2, 0.25) is 4.38 Å². The van der Waals surface area contributed by atoms with Gasteiger partial charge in [-0.15, -0.1) is 0 Å². The minimum absolute atomic E-state index is 0.202. The number of thioether (sulfide) groups is 1. The van der Waals surface area contributed by atoms with E-state index in [1.807, 2.05) is 38.1 Å². The predicted octanol–water partition coefficient (Wildman–Crippen LogP) is 3.76. The topological polar surface area (TPSA) is 26.3 Å². The van der Waals surface area contributed by atoms with Crippen molar-refractivity contribution >= 4 is 34.1 Å². The summed E-state index contributed by atoms with van der Waals surface area (Å²) in [5.74, 6) is 0.202. The van der Waals surface area contributed by atoms with E-state index in [0.29, 0.717) is 23.8 Å². The van der Waals surface area contributed by atoms with Crippen molar-refractivity contribution < 1.29 is 9.53 Å². The molecular weight excluding hydrogens is 252 g/mol. The summed E-state index contributed by atoms with van der Waals surface area (Å²) in [6.07, 6.45) is 0.992. The van der Waals surface area contributed by atoms with Crippen molar-refractivity contribution in [2.45, 2.75) is 31.6 Å². The molecule has 0 heterocycles. The number of ketones is 1. The molecule has 0 aliphatic carbocycles. The van der Waals surface area contributed by atoms with Crippen molar-refractivity contribution in [3.05, 3.63) is 29.8 Å². The van der Waals surface area contributed by atoms with E-state index >= 15 is 0 Å². The van der Waals surface area contributed by atoms with Gasteiger partial charge in [0.25, 0.3) is 0 Å². The van der Waals surface area contributed by atoms with Gasteiger partial charge in [0, 0.05) is 17.7 Å². The van der Waals surface area contributed by atoms with Crippen molar-refractivity contribution in [1.82, 2.24) is 0 Å². The fourth-order valence-electron chi connectivity index (χ4n) is 1.16. The molecule has 0 amide bonds. The van der Waals surface area contributed by atoms with Gasteiger partial charge in [-0.3, -0.25) is 4.79 Å². The molecule has 0 aromatic heterocycles. The maximum atomic E-state index is 11.1. The minimum Gasteiger partial charge on any atom is -0.478 e. The minimum atomic E-state index is 0.202. The van der Waals surface area contributed by atoms with Crippen LogP contribution in [-0.2, 0) is 9.53 Å². The number of benzene rings is 1. The van der Waals surface area contributed by atoms with Crippen LogP contribution >= 0.6 is 24.0 Å². The molecule has 0 unspecified atom stereocenters. The molecule has 0 saturated carbocycles. The molecule has 1 aromatic carbocycles. The largest absolute Gasteiger partial charge is 0.478 e. The van der Waals surface area contributed by atoms with Gasteiger partial charge in [-0.2, -0.15) is 0 Å². The Kier molecular flexibility index (Phi) is 6.22. The number of hydrogen-bond acceptors (Lipinski definition) is 4. The second-order valence-electron chi connectivity index (χ2n) is 3.66. The zero-order valence-corrected chi connectivity index (χ0v) is 11.7. The fourth-order valence-corrected chi connectivity index (χ4v) is 2.14. The van der Waals surface area contributed by atoms with Crippen molar-refractivity contribution in [1.29, 1.82) is 0 Å². The second kappa shape index (κ2) is 7.45. The Morgan fingerprint density at radius 3 is 2.59 bits per heavy atom. The highest BCUT2D eigenvalue weighted by Gasteiger charge is 2.03. The molecule has 0 fully saturated rings. The average molecular weight is 268 g/mol. The van der Waals surface area contributed by atoms with Gasteiger partial charge in [0.1, 0.15) is 5.78 Å². The summed E-state index contributed by atoms with van der Waals surface area (Å²) in [7, 11) is 0. The summed E-state index contributed by atoms with van der Waals surface area (Å²) >= 11 is 6.50. The predicted molar refractivity (Wildman–Crippen MR) is 75.5 cm³/mol. The van der Waals surface area contributed by atoms with Gasteiger partial charge in [0.15, 0.2) is 0 Å². The molecule has 0 aliphatic rings. The van der Waals surface area contributed by atoms with E-state index in [9.17, 15) is 4.79 Å². The highest BCUT2D eigenvalue weighted by atomic mass is 32.2. The number of thiocarbonyl (C=S) groups is 1. The summed E-state index contributed by atoms with van der Waals surface area (Å²) in [5, 5.41) is 0. The third-order valence-electron chi connectivity index (χ3n) is 2.22. The molecule has 0 bridgehead atoms. The Hall–Kier alpha value is -0.870. The van der Waals surface area contributed by atoms with Gasteiger partial charge < -0.3 is 4.74 Å². The van der Waals surface area contributed by atoms with Crippen LogP contribution in [0.1, 0.15) is 25.3 Å². The highest BCUT2D eigenvalue weighted by molar-refractivity contribution is 8.22. The highest BCUT2D eigenvalue weighted by Crippen LogP contribution is 2.20. The van der Waals surface area contributed by atoms with Crippen LogP contribution in [0.25, 0.3) is 0 Å². The van der Waals surface area contributed by atoms with E-state index in [1.165, 1.54) is 17.3 Å². The molecule has 1 aromatic rings. The first-order valence-corrected chi connectivity index (χ1v) is 6.77. The van der Waals surface area contributed by atoms with Crippen molar-refractivity contribution in [2.75, 3.05) is 6.61 Å². The summed E-state index contributed by atoms with van der Waals surface area (Å²) < 4.78 is 5.79. The lowest BCUT2D eigenvalue weighted by Crippen LogP contribution is -2.05. The average Bonchev–Trinajstić information content (AvgIpc) is 2.32. The van der Waals surface area contributed by atoms with Crippen LogP contribution in [0.5, 0.6) is 0 Å². The second-order valence-corrected chi connectivity index (χ2v) is 5.33. The molecule has 0 atom stereocenters. The summed E-state index contributed by atoms with van der Waals surface area (Å²) in [6, 6.07) is 8.08. The molecule has 0 saturated heterocycles. The van der Waals surface area contributed by atoms with Crippen LogP contribution in [-0.4, -0.2) is 16.8 Å². The molecule has 17 heavy (non-hydrogen) atoms. The maximum Gasteiger partial charge on any atom is 0.224 e. The normalized spacial score (nSPS) is 10.0. The monoisotopic (exact) mass is 268 g/mol. The standard InChI is InChI=1S/C13H16O2S2/c1-3-11(14)8-9-15-13(16)17-12-6-4-10(2)5-7-12/h4-7H,3,8-9H2,1-2H3. The lowest BCUT2D eigenvalue weighted by molar-refractivity contribution is -0.119. The Morgan fingerprint density at radius 2 is 2.00 bits per heavy atom. The SMILES string of the molecule is CCC(=O)CCOC(=S)Sc1ccc(C)cc1. The molecule has 0 spiro atoms. The molecular formula is C13H16O2S2. The van der Waals surface area contributed by atoms with E-state index in [-0.39, 0.29) is 5.78 Å². The molecule has 0 aliphatic heterocycles.